The van der Waals surface area contributed by atoms with E-state index in [1.165, 1.54) is 51.4 Å². The molecule has 1 unspecified atom stereocenters. The summed E-state index contributed by atoms with van der Waals surface area (Å²) in [6, 6.07) is 0.366. The number of nitrogens with one attached hydrogen (secondary N) is 2. The number of piperidine rings is 1. The summed E-state index contributed by atoms with van der Waals surface area (Å²) in [5.74, 6) is 1.69. The van der Waals surface area contributed by atoms with Gasteiger partial charge in [-0.25, -0.2) is 0 Å². The van der Waals surface area contributed by atoms with Crippen LogP contribution in [-0.2, 0) is 4.79 Å². The van der Waals surface area contributed by atoms with E-state index in [-0.39, 0.29) is 5.91 Å². The molecule has 20 heavy (non-hydrogen) atoms. The highest BCUT2D eigenvalue weighted by Gasteiger charge is 2.21. The molecular weight excluding hydrogens is 248 g/mol. The minimum atomic E-state index is 0.271. The van der Waals surface area contributed by atoms with Crippen molar-refractivity contribution in [2.24, 2.45) is 11.8 Å². The number of rotatable bonds is 5. The smallest absolute Gasteiger partial charge is 0.220 e. The Bertz CT molecular complexity index is 279. The van der Waals surface area contributed by atoms with E-state index >= 15 is 0 Å². The van der Waals surface area contributed by atoms with Crippen LogP contribution in [0.5, 0.6) is 0 Å². The Hall–Kier alpha value is -0.570. The summed E-state index contributed by atoms with van der Waals surface area (Å²) in [5.41, 5.74) is 0. The Morgan fingerprint density at radius 1 is 1.15 bits per heavy atom. The molecule has 2 aliphatic rings. The van der Waals surface area contributed by atoms with Crippen LogP contribution in [0.4, 0.5) is 0 Å². The Morgan fingerprint density at radius 3 is 2.55 bits per heavy atom. The largest absolute Gasteiger partial charge is 0.353 e. The van der Waals surface area contributed by atoms with Crippen molar-refractivity contribution in [3.8, 4) is 0 Å². The molecule has 1 saturated carbocycles. The Balaban J connectivity index is 1.64. The van der Waals surface area contributed by atoms with Crippen molar-refractivity contribution in [1.29, 1.82) is 0 Å². The second kappa shape index (κ2) is 8.66. The second-order valence-electron chi connectivity index (χ2n) is 6.86. The second-order valence-corrected chi connectivity index (χ2v) is 6.86. The summed E-state index contributed by atoms with van der Waals surface area (Å²) in [4.78, 5) is 12.1. The molecule has 3 heteroatoms. The fraction of sp³-hybridized carbons (Fsp3) is 0.941. The SMILES string of the molecule is C[C@H](NC(=O)CCC1CCCNC1)C1CCCCCC1. The molecule has 0 aromatic rings. The van der Waals surface area contributed by atoms with Gasteiger partial charge in [0.2, 0.25) is 5.91 Å². The van der Waals surface area contributed by atoms with Crippen LogP contribution >= 0.6 is 0 Å². The minimum absolute atomic E-state index is 0.271. The van der Waals surface area contributed by atoms with Gasteiger partial charge in [-0.2, -0.15) is 0 Å². The molecule has 1 aliphatic heterocycles. The molecule has 0 bridgehead atoms. The van der Waals surface area contributed by atoms with Crippen molar-refractivity contribution in [2.75, 3.05) is 13.1 Å². The zero-order chi connectivity index (χ0) is 14.2. The van der Waals surface area contributed by atoms with Crippen LogP contribution in [0.3, 0.4) is 0 Å². The van der Waals surface area contributed by atoms with Gasteiger partial charge < -0.3 is 10.6 Å². The Morgan fingerprint density at radius 2 is 1.90 bits per heavy atom. The average Bonchev–Trinajstić information content (AvgIpc) is 2.75. The lowest BCUT2D eigenvalue weighted by atomic mass is 9.92. The van der Waals surface area contributed by atoms with Crippen molar-refractivity contribution in [3.63, 3.8) is 0 Å². The topological polar surface area (TPSA) is 41.1 Å². The maximum absolute atomic E-state index is 12.1. The molecule has 1 amide bonds. The highest BCUT2D eigenvalue weighted by molar-refractivity contribution is 5.76. The molecule has 3 nitrogen and oxygen atoms in total. The van der Waals surface area contributed by atoms with E-state index in [4.69, 9.17) is 0 Å². The minimum Gasteiger partial charge on any atom is -0.353 e. The first-order valence-corrected chi connectivity index (χ1v) is 8.76. The molecule has 116 valence electrons. The summed E-state index contributed by atoms with van der Waals surface area (Å²) in [7, 11) is 0. The standard InChI is InChI=1S/C17H32N2O/c1-14(16-8-4-2-3-5-9-16)19-17(20)11-10-15-7-6-12-18-13-15/h14-16,18H,2-13H2,1H3,(H,19,20)/t14-,15?/m0/s1. The molecule has 2 N–H and O–H groups in total. The van der Waals surface area contributed by atoms with Gasteiger partial charge in [0.05, 0.1) is 0 Å². The van der Waals surface area contributed by atoms with E-state index in [0.717, 1.165) is 19.5 Å². The molecule has 2 fully saturated rings. The molecule has 1 aliphatic carbocycles. The predicted molar refractivity (Wildman–Crippen MR) is 83.6 cm³/mol. The van der Waals surface area contributed by atoms with Crippen molar-refractivity contribution in [3.05, 3.63) is 0 Å². The molecule has 0 aromatic carbocycles. The van der Waals surface area contributed by atoms with Gasteiger partial charge in [0.25, 0.3) is 0 Å². The quantitative estimate of drug-likeness (QED) is 0.759. The van der Waals surface area contributed by atoms with Gasteiger partial charge in [-0.05, 0) is 64.0 Å². The van der Waals surface area contributed by atoms with Crippen molar-refractivity contribution in [1.82, 2.24) is 10.6 Å². The van der Waals surface area contributed by atoms with Crippen molar-refractivity contribution >= 4 is 5.91 Å². The third kappa shape index (κ3) is 5.43. The van der Waals surface area contributed by atoms with Crippen LogP contribution in [0.2, 0.25) is 0 Å². The van der Waals surface area contributed by atoms with E-state index in [1.54, 1.807) is 0 Å². The zero-order valence-electron chi connectivity index (χ0n) is 13.1. The van der Waals surface area contributed by atoms with Crippen LogP contribution in [-0.4, -0.2) is 25.0 Å². The molecule has 0 radical (unpaired) electrons. The average molecular weight is 280 g/mol. The Kier molecular flexibility index (Phi) is 6.85. The van der Waals surface area contributed by atoms with Crippen LogP contribution < -0.4 is 10.6 Å². The van der Waals surface area contributed by atoms with E-state index in [2.05, 4.69) is 17.6 Å². The maximum Gasteiger partial charge on any atom is 0.220 e. The first-order chi connectivity index (χ1) is 9.75. The first-order valence-electron chi connectivity index (χ1n) is 8.76. The van der Waals surface area contributed by atoms with E-state index in [1.807, 2.05) is 0 Å². The number of carbonyl (C=O) groups is 1. The molecule has 2 rings (SSSR count). The molecule has 2 atom stereocenters. The summed E-state index contributed by atoms with van der Waals surface area (Å²) in [6.45, 7) is 4.46. The molecule has 1 saturated heterocycles. The first kappa shape index (κ1) is 15.8. The van der Waals surface area contributed by atoms with Gasteiger partial charge in [0.15, 0.2) is 0 Å². The van der Waals surface area contributed by atoms with Crippen molar-refractivity contribution < 1.29 is 4.79 Å². The van der Waals surface area contributed by atoms with Gasteiger partial charge in [-0.3, -0.25) is 4.79 Å². The Labute approximate surface area is 124 Å². The molecular formula is C17H32N2O. The van der Waals surface area contributed by atoms with E-state index in [9.17, 15) is 4.79 Å². The summed E-state index contributed by atoms with van der Waals surface area (Å²) >= 11 is 0. The van der Waals surface area contributed by atoms with Gasteiger partial charge in [0, 0.05) is 12.5 Å². The van der Waals surface area contributed by atoms with Gasteiger partial charge in [-0.15, -0.1) is 0 Å². The lowest BCUT2D eigenvalue weighted by Crippen LogP contribution is -2.38. The predicted octanol–water partition coefficient (Wildman–Crippen LogP) is 3.24. The van der Waals surface area contributed by atoms with Crippen LogP contribution in [0, 0.1) is 11.8 Å². The van der Waals surface area contributed by atoms with Crippen LogP contribution in [0.25, 0.3) is 0 Å². The summed E-state index contributed by atoms with van der Waals surface area (Å²) in [6.07, 6.45) is 12.4. The third-order valence-electron chi connectivity index (χ3n) is 5.17. The summed E-state index contributed by atoms with van der Waals surface area (Å²) in [5, 5.41) is 6.68. The molecule has 1 heterocycles. The van der Waals surface area contributed by atoms with E-state index in [0.29, 0.717) is 24.3 Å². The molecule has 0 spiro atoms. The fourth-order valence-electron chi connectivity index (χ4n) is 3.76. The number of hydrogen-bond donors (Lipinski definition) is 2. The number of amides is 1. The van der Waals surface area contributed by atoms with Crippen LogP contribution in [0.15, 0.2) is 0 Å². The zero-order valence-corrected chi connectivity index (χ0v) is 13.1. The highest BCUT2D eigenvalue weighted by Crippen LogP contribution is 2.25. The van der Waals surface area contributed by atoms with Crippen LogP contribution in [0.1, 0.15) is 71.1 Å². The van der Waals surface area contributed by atoms with Gasteiger partial charge >= 0.3 is 0 Å². The lowest BCUT2D eigenvalue weighted by molar-refractivity contribution is -0.122. The monoisotopic (exact) mass is 280 g/mol. The van der Waals surface area contributed by atoms with E-state index < -0.39 is 0 Å². The highest BCUT2D eigenvalue weighted by atomic mass is 16.1. The summed E-state index contributed by atoms with van der Waals surface area (Å²) < 4.78 is 0. The molecule has 0 aromatic heterocycles. The lowest BCUT2D eigenvalue weighted by Gasteiger charge is -2.25. The van der Waals surface area contributed by atoms with Gasteiger partial charge in [0.1, 0.15) is 0 Å². The normalized spacial score (nSPS) is 26.8. The van der Waals surface area contributed by atoms with Gasteiger partial charge in [-0.1, -0.05) is 25.7 Å². The fourth-order valence-corrected chi connectivity index (χ4v) is 3.76. The third-order valence-corrected chi connectivity index (χ3v) is 5.17. The van der Waals surface area contributed by atoms with Crippen molar-refractivity contribution in [2.45, 2.75) is 77.2 Å². The maximum atomic E-state index is 12.1. The number of carbonyl (C=O) groups excluding carboxylic acids is 1. The number of hydrogen-bond acceptors (Lipinski definition) is 2.